The molecule has 1 heterocycles. The van der Waals surface area contributed by atoms with Gasteiger partial charge in [0.1, 0.15) is 0 Å². The van der Waals surface area contributed by atoms with Gasteiger partial charge >= 0.3 is 5.97 Å². The van der Waals surface area contributed by atoms with E-state index in [0.717, 1.165) is 25.9 Å². The lowest BCUT2D eigenvalue weighted by atomic mass is 10.2. The summed E-state index contributed by atoms with van der Waals surface area (Å²) in [5.74, 6) is -0.717. The predicted molar refractivity (Wildman–Crippen MR) is 50.8 cm³/mol. The van der Waals surface area contributed by atoms with E-state index < -0.39 is 5.97 Å². The fourth-order valence-electron chi connectivity index (χ4n) is 1.91. The molecule has 1 fully saturated rings. The summed E-state index contributed by atoms with van der Waals surface area (Å²) in [7, 11) is 4.05. The van der Waals surface area contributed by atoms with Gasteiger partial charge in [0.2, 0.25) is 0 Å². The molecule has 13 heavy (non-hydrogen) atoms. The van der Waals surface area contributed by atoms with Crippen molar-refractivity contribution in [2.45, 2.75) is 18.9 Å². The summed E-state index contributed by atoms with van der Waals surface area (Å²) in [6, 6.07) is 0.436. The Morgan fingerprint density at radius 1 is 1.62 bits per heavy atom. The van der Waals surface area contributed by atoms with Crippen molar-refractivity contribution in [2.24, 2.45) is 0 Å². The van der Waals surface area contributed by atoms with Crippen LogP contribution in [-0.2, 0) is 4.79 Å². The van der Waals surface area contributed by atoms with Crippen LogP contribution in [0.4, 0.5) is 0 Å². The number of likely N-dealkylation sites (tertiary alicyclic amines) is 1. The highest BCUT2D eigenvalue weighted by Crippen LogP contribution is 2.16. The van der Waals surface area contributed by atoms with Crippen LogP contribution in [0.25, 0.3) is 0 Å². The first kappa shape index (κ1) is 10.5. The summed E-state index contributed by atoms with van der Waals surface area (Å²) in [5, 5.41) is 8.67. The number of likely N-dealkylation sites (N-methyl/N-ethyl adjacent to an activating group) is 1. The Bertz CT molecular complexity index is 182. The van der Waals surface area contributed by atoms with Crippen LogP contribution < -0.4 is 0 Å². The average Bonchev–Trinajstić information content (AvgIpc) is 2.34. The quantitative estimate of drug-likeness (QED) is 0.676. The van der Waals surface area contributed by atoms with Gasteiger partial charge in [-0.15, -0.1) is 0 Å². The van der Waals surface area contributed by atoms with Crippen LogP contribution in [-0.4, -0.2) is 60.6 Å². The highest BCUT2D eigenvalue weighted by molar-refractivity contribution is 5.69. The van der Waals surface area contributed by atoms with Crippen molar-refractivity contribution in [1.82, 2.24) is 9.80 Å². The zero-order valence-corrected chi connectivity index (χ0v) is 8.36. The molecule has 4 heteroatoms. The molecule has 0 aliphatic carbocycles. The maximum Gasteiger partial charge on any atom is 0.317 e. The molecule has 1 aliphatic heterocycles. The average molecular weight is 186 g/mol. The highest BCUT2D eigenvalue weighted by Gasteiger charge is 2.25. The van der Waals surface area contributed by atoms with Crippen LogP contribution in [0.1, 0.15) is 12.8 Å². The van der Waals surface area contributed by atoms with E-state index in [4.69, 9.17) is 5.11 Å². The van der Waals surface area contributed by atoms with Gasteiger partial charge in [0, 0.05) is 12.6 Å². The van der Waals surface area contributed by atoms with Crippen molar-refractivity contribution in [3.8, 4) is 0 Å². The summed E-state index contributed by atoms with van der Waals surface area (Å²) in [6.07, 6.45) is 2.26. The van der Waals surface area contributed by atoms with Crippen LogP contribution >= 0.6 is 0 Å². The molecular formula is C9H18N2O2. The predicted octanol–water partition coefficient (Wildman–Crippen LogP) is 0.0970. The maximum atomic E-state index is 10.5. The normalized spacial score (nSPS) is 24.1. The first-order chi connectivity index (χ1) is 6.09. The van der Waals surface area contributed by atoms with Crippen LogP contribution in [0, 0.1) is 0 Å². The molecule has 1 N–H and O–H groups in total. The summed E-state index contributed by atoms with van der Waals surface area (Å²) < 4.78 is 0. The van der Waals surface area contributed by atoms with E-state index in [1.54, 1.807) is 0 Å². The number of nitrogens with zero attached hydrogens (tertiary/aromatic N) is 2. The Hall–Kier alpha value is -0.610. The number of carboxylic acid groups (broad SMARTS) is 1. The number of rotatable bonds is 4. The SMILES string of the molecule is CN(C)CC1CCCN1CC(=O)O. The first-order valence-corrected chi connectivity index (χ1v) is 4.70. The molecule has 0 bridgehead atoms. The molecule has 1 saturated heterocycles. The van der Waals surface area contributed by atoms with E-state index in [1.165, 1.54) is 0 Å². The van der Waals surface area contributed by atoms with Crippen molar-refractivity contribution >= 4 is 5.97 Å². The molecule has 4 nitrogen and oxygen atoms in total. The highest BCUT2D eigenvalue weighted by atomic mass is 16.4. The summed E-state index contributed by atoms with van der Waals surface area (Å²) in [5.41, 5.74) is 0. The molecule has 1 atom stereocenters. The molecule has 0 saturated carbocycles. The number of carboxylic acids is 1. The molecule has 1 aliphatic rings. The van der Waals surface area contributed by atoms with Crippen molar-refractivity contribution in [1.29, 1.82) is 0 Å². The Morgan fingerprint density at radius 2 is 2.31 bits per heavy atom. The lowest BCUT2D eigenvalue weighted by Gasteiger charge is -2.25. The summed E-state index contributed by atoms with van der Waals surface area (Å²) in [6.45, 7) is 2.09. The minimum atomic E-state index is -0.717. The van der Waals surface area contributed by atoms with Gasteiger partial charge in [-0.1, -0.05) is 0 Å². The van der Waals surface area contributed by atoms with Gasteiger partial charge in [0.25, 0.3) is 0 Å². The van der Waals surface area contributed by atoms with Crippen molar-refractivity contribution < 1.29 is 9.90 Å². The van der Waals surface area contributed by atoms with Crippen LogP contribution in [0.2, 0.25) is 0 Å². The third-order valence-electron chi connectivity index (χ3n) is 2.41. The van der Waals surface area contributed by atoms with Gasteiger partial charge < -0.3 is 10.0 Å². The lowest BCUT2D eigenvalue weighted by Crippen LogP contribution is -2.40. The maximum absolute atomic E-state index is 10.5. The Labute approximate surface area is 79.1 Å². The third kappa shape index (κ3) is 3.32. The van der Waals surface area contributed by atoms with E-state index in [2.05, 4.69) is 9.80 Å². The van der Waals surface area contributed by atoms with Gasteiger partial charge in [0.15, 0.2) is 0 Å². The van der Waals surface area contributed by atoms with Crippen molar-refractivity contribution in [3.63, 3.8) is 0 Å². The van der Waals surface area contributed by atoms with Crippen LogP contribution in [0.3, 0.4) is 0 Å². The fourth-order valence-corrected chi connectivity index (χ4v) is 1.91. The third-order valence-corrected chi connectivity index (χ3v) is 2.41. The topological polar surface area (TPSA) is 43.8 Å². The fraction of sp³-hybridized carbons (Fsp3) is 0.889. The molecule has 0 aromatic rings. The van der Waals surface area contributed by atoms with E-state index in [1.807, 2.05) is 14.1 Å². The number of carbonyl (C=O) groups is 1. The first-order valence-electron chi connectivity index (χ1n) is 4.70. The van der Waals surface area contributed by atoms with Gasteiger partial charge in [-0.3, -0.25) is 9.69 Å². The standard InChI is InChI=1S/C9H18N2O2/c1-10(2)6-8-4-3-5-11(8)7-9(12)13/h8H,3-7H2,1-2H3,(H,12,13). The van der Waals surface area contributed by atoms with Crippen LogP contribution in [0.5, 0.6) is 0 Å². The minimum Gasteiger partial charge on any atom is -0.480 e. The van der Waals surface area contributed by atoms with E-state index in [9.17, 15) is 4.79 Å². The van der Waals surface area contributed by atoms with Gasteiger partial charge in [0.05, 0.1) is 6.54 Å². The second-order valence-electron chi connectivity index (χ2n) is 3.92. The zero-order valence-electron chi connectivity index (χ0n) is 8.36. The van der Waals surface area contributed by atoms with Gasteiger partial charge in [-0.25, -0.2) is 0 Å². The Kier molecular flexibility index (Phi) is 3.69. The van der Waals surface area contributed by atoms with Gasteiger partial charge in [-0.2, -0.15) is 0 Å². The summed E-state index contributed by atoms with van der Waals surface area (Å²) in [4.78, 5) is 14.7. The van der Waals surface area contributed by atoms with Crippen LogP contribution in [0.15, 0.2) is 0 Å². The zero-order chi connectivity index (χ0) is 9.84. The molecule has 0 spiro atoms. The van der Waals surface area contributed by atoms with E-state index in [0.29, 0.717) is 6.04 Å². The Morgan fingerprint density at radius 3 is 2.85 bits per heavy atom. The molecule has 76 valence electrons. The number of aliphatic carboxylic acids is 1. The smallest absolute Gasteiger partial charge is 0.317 e. The largest absolute Gasteiger partial charge is 0.480 e. The van der Waals surface area contributed by atoms with Crippen molar-refractivity contribution in [2.75, 3.05) is 33.7 Å². The molecule has 0 amide bonds. The molecule has 0 radical (unpaired) electrons. The monoisotopic (exact) mass is 186 g/mol. The number of hydrogen-bond acceptors (Lipinski definition) is 3. The molecule has 1 unspecified atom stereocenters. The molecule has 0 aromatic carbocycles. The molecular weight excluding hydrogens is 168 g/mol. The summed E-state index contributed by atoms with van der Waals surface area (Å²) >= 11 is 0. The Balaban J connectivity index is 2.39. The van der Waals surface area contributed by atoms with Crippen molar-refractivity contribution in [3.05, 3.63) is 0 Å². The second-order valence-corrected chi connectivity index (χ2v) is 3.92. The van der Waals surface area contributed by atoms with E-state index >= 15 is 0 Å². The lowest BCUT2D eigenvalue weighted by molar-refractivity contribution is -0.138. The number of hydrogen-bond donors (Lipinski definition) is 1. The minimum absolute atomic E-state index is 0.193. The van der Waals surface area contributed by atoms with E-state index in [-0.39, 0.29) is 6.54 Å². The van der Waals surface area contributed by atoms with Gasteiger partial charge in [-0.05, 0) is 33.5 Å². The molecule has 1 rings (SSSR count). The molecule has 0 aromatic heterocycles. The second kappa shape index (κ2) is 4.58.